The van der Waals surface area contributed by atoms with Gasteiger partial charge in [0.05, 0.1) is 18.7 Å². The van der Waals surface area contributed by atoms with Crippen LogP contribution < -0.4 is 9.64 Å². The predicted molar refractivity (Wildman–Crippen MR) is 110 cm³/mol. The molecule has 30 heavy (non-hydrogen) atoms. The average molecular weight is 425 g/mol. The second-order valence-electron chi connectivity index (χ2n) is 6.75. The van der Waals surface area contributed by atoms with E-state index in [0.29, 0.717) is 27.7 Å². The fraction of sp³-hybridized carbons (Fsp3) is 0.136. The van der Waals surface area contributed by atoms with Crippen LogP contribution in [0, 0.1) is 6.92 Å². The summed E-state index contributed by atoms with van der Waals surface area (Å²) in [5, 5.41) is 15.4. The summed E-state index contributed by atoms with van der Waals surface area (Å²) in [5.74, 6) is -0.740. The normalized spacial score (nSPS) is 18.1. The molecule has 2 aromatic carbocycles. The SMILES string of the molecule is COc1cccc(C2/C(=C(\O)c3ccc(Cl)cc3)C(=O)C(=O)N2c2cc(C)on2)c1. The molecule has 1 aliphatic rings. The van der Waals surface area contributed by atoms with Gasteiger partial charge in [-0.05, 0) is 48.9 Å². The van der Waals surface area contributed by atoms with Gasteiger partial charge in [0, 0.05) is 16.7 Å². The third kappa shape index (κ3) is 3.33. The van der Waals surface area contributed by atoms with Crippen LogP contribution in [0.15, 0.2) is 64.7 Å². The van der Waals surface area contributed by atoms with Crippen LogP contribution in [0.2, 0.25) is 5.02 Å². The van der Waals surface area contributed by atoms with Crippen LogP contribution in [0.4, 0.5) is 5.82 Å². The molecular formula is C22H17ClN2O5. The van der Waals surface area contributed by atoms with Gasteiger partial charge in [0.25, 0.3) is 5.78 Å². The zero-order chi connectivity index (χ0) is 21.4. The summed E-state index contributed by atoms with van der Waals surface area (Å²) in [6.45, 7) is 1.68. The number of hydrogen-bond donors (Lipinski definition) is 1. The molecule has 1 atom stereocenters. The average Bonchev–Trinajstić information content (AvgIpc) is 3.29. The molecular weight excluding hydrogens is 408 g/mol. The lowest BCUT2D eigenvalue weighted by Gasteiger charge is -2.23. The molecule has 152 valence electrons. The minimum Gasteiger partial charge on any atom is -0.507 e. The van der Waals surface area contributed by atoms with Crippen molar-refractivity contribution in [2.45, 2.75) is 13.0 Å². The minimum absolute atomic E-state index is 0.0590. The summed E-state index contributed by atoms with van der Waals surface area (Å²) in [6, 6.07) is 13.9. The highest BCUT2D eigenvalue weighted by Gasteiger charge is 2.48. The summed E-state index contributed by atoms with van der Waals surface area (Å²) in [5.41, 5.74) is 0.877. The number of anilines is 1. The van der Waals surface area contributed by atoms with Crippen molar-refractivity contribution in [2.24, 2.45) is 0 Å². The highest BCUT2D eigenvalue weighted by Crippen LogP contribution is 2.42. The molecule has 7 nitrogen and oxygen atoms in total. The monoisotopic (exact) mass is 424 g/mol. The number of rotatable bonds is 4. The first kappa shape index (κ1) is 19.7. The maximum Gasteiger partial charge on any atom is 0.301 e. The standard InChI is InChI=1S/C22H17ClN2O5/c1-12-10-17(24-30-12)25-19(14-4-3-5-16(11-14)29-2)18(21(27)22(25)28)20(26)13-6-8-15(23)9-7-13/h3-11,19,26H,1-2H3/b20-18+. The Balaban J connectivity index is 1.95. The van der Waals surface area contributed by atoms with Gasteiger partial charge in [-0.15, -0.1) is 0 Å². The molecule has 8 heteroatoms. The van der Waals surface area contributed by atoms with E-state index in [0.717, 1.165) is 0 Å². The molecule has 2 heterocycles. The number of Topliss-reactive ketones (excluding diaryl/α,β-unsaturated/α-hetero) is 1. The molecule has 1 fully saturated rings. The number of halogens is 1. The highest BCUT2D eigenvalue weighted by molar-refractivity contribution is 6.51. The van der Waals surface area contributed by atoms with Crippen LogP contribution in [0.25, 0.3) is 5.76 Å². The number of hydrogen-bond acceptors (Lipinski definition) is 6. The van der Waals surface area contributed by atoms with Gasteiger partial charge in [-0.2, -0.15) is 0 Å². The van der Waals surface area contributed by atoms with Crippen LogP contribution in [-0.2, 0) is 9.59 Å². The molecule has 0 spiro atoms. The fourth-order valence-corrected chi connectivity index (χ4v) is 3.55. The van der Waals surface area contributed by atoms with Gasteiger partial charge in [-0.1, -0.05) is 28.9 Å². The zero-order valence-corrected chi connectivity index (χ0v) is 16.9. The van der Waals surface area contributed by atoms with Crippen molar-refractivity contribution in [1.29, 1.82) is 0 Å². The quantitative estimate of drug-likeness (QED) is 0.382. The summed E-state index contributed by atoms with van der Waals surface area (Å²) in [4.78, 5) is 27.2. The number of aryl methyl sites for hydroxylation is 1. The molecule has 1 N–H and O–H groups in total. The first-order valence-electron chi connectivity index (χ1n) is 9.05. The Hall–Kier alpha value is -3.58. The van der Waals surface area contributed by atoms with Crippen molar-refractivity contribution in [3.63, 3.8) is 0 Å². The van der Waals surface area contributed by atoms with E-state index in [4.69, 9.17) is 20.9 Å². The van der Waals surface area contributed by atoms with Crippen molar-refractivity contribution in [2.75, 3.05) is 12.0 Å². The third-order valence-corrected chi connectivity index (χ3v) is 5.09. The fourth-order valence-electron chi connectivity index (χ4n) is 3.43. The third-order valence-electron chi connectivity index (χ3n) is 4.83. The molecule has 0 saturated carbocycles. The number of ether oxygens (including phenoxy) is 1. The highest BCUT2D eigenvalue weighted by atomic mass is 35.5. The Morgan fingerprint density at radius 1 is 1.17 bits per heavy atom. The first-order chi connectivity index (χ1) is 14.4. The Morgan fingerprint density at radius 3 is 2.53 bits per heavy atom. The summed E-state index contributed by atoms with van der Waals surface area (Å²) in [7, 11) is 1.52. The maximum atomic E-state index is 13.0. The van der Waals surface area contributed by atoms with Crippen molar-refractivity contribution >= 4 is 34.9 Å². The summed E-state index contributed by atoms with van der Waals surface area (Å²) < 4.78 is 10.4. The van der Waals surface area contributed by atoms with Crippen LogP contribution in [0.1, 0.15) is 22.9 Å². The van der Waals surface area contributed by atoms with Crippen molar-refractivity contribution < 1.29 is 24.0 Å². The van der Waals surface area contributed by atoms with Crippen molar-refractivity contribution in [3.05, 3.63) is 82.1 Å². The second kappa shape index (κ2) is 7.68. The number of aliphatic hydroxyl groups excluding tert-OH is 1. The molecule has 4 rings (SSSR count). The lowest BCUT2D eigenvalue weighted by Crippen LogP contribution is -2.29. The molecule has 1 aromatic heterocycles. The van der Waals surface area contributed by atoms with E-state index in [1.807, 2.05) is 0 Å². The van der Waals surface area contributed by atoms with E-state index in [9.17, 15) is 14.7 Å². The molecule has 0 radical (unpaired) electrons. The number of carbonyl (C=O) groups excluding carboxylic acids is 2. The van der Waals surface area contributed by atoms with Gasteiger partial charge >= 0.3 is 5.91 Å². The number of nitrogens with zero attached hydrogens (tertiary/aromatic N) is 2. The lowest BCUT2D eigenvalue weighted by atomic mass is 9.95. The van der Waals surface area contributed by atoms with Gasteiger partial charge in [0.2, 0.25) is 0 Å². The molecule has 1 amide bonds. The predicted octanol–water partition coefficient (Wildman–Crippen LogP) is 4.27. The van der Waals surface area contributed by atoms with E-state index in [1.165, 1.54) is 12.0 Å². The Bertz CT molecular complexity index is 1170. The number of aromatic nitrogens is 1. The van der Waals surface area contributed by atoms with E-state index in [1.54, 1.807) is 61.5 Å². The van der Waals surface area contributed by atoms with Crippen molar-refractivity contribution in [3.8, 4) is 5.75 Å². The van der Waals surface area contributed by atoms with E-state index in [2.05, 4.69) is 5.16 Å². The van der Waals surface area contributed by atoms with Gasteiger partial charge in [0.1, 0.15) is 17.3 Å². The molecule has 1 aliphatic heterocycles. The smallest absolute Gasteiger partial charge is 0.301 e. The van der Waals surface area contributed by atoms with Crippen LogP contribution in [0.3, 0.4) is 0 Å². The van der Waals surface area contributed by atoms with Crippen molar-refractivity contribution in [1.82, 2.24) is 5.16 Å². The molecule has 0 bridgehead atoms. The lowest BCUT2D eigenvalue weighted by molar-refractivity contribution is -0.132. The summed E-state index contributed by atoms with van der Waals surface area (Å²) >= 11 is 5.93. The number of ketones is 1. The number of benzene rings is 2. The Morgan fingerprint density at radius 2 is 1.90 bits per heavy atom. The Kier molecular flexibility index (Phi) is 5.05. The largest absolute Gasteiger partial charge is 0.507 e. The van der Waals surface area contributed by atoms with Crippen LogP contribution >= 0.6 is 11.6 Å². The number of aliphatic hydroxyl groups is 1. The second-order valence-corrected chi connectivity index (χ2v) is 7.18. The molecule has 0 aliphatic carbocycles. The van der Waals surface area contributed by atoms with E-state index in [-0.39, 0.29) is 17.2 Å². The van der Waals surface area contributed by atoms with Gasteiger partial charge in [-0.3, -0.25) is 14.5 Å². The first-order valence-corrected chi connectivity index (χ1v) is 9.42. The number of carbonyl (C=O) groups is 2. The maximum absolute atomic E-state index is 13.0. The van der Waals surface area contributed by atoms with Gasteiger partial charge in [0.15, 0.2) is 5.82 Å². The van der Waals surface area contributed by atoms with Crippen LogP contribution in [-0.4, -0.2) is 29.1 Å². The number of methoxy groups -OCH3 is 1. The zero-order valence-electron chi connectivity index (χ0n) is 16.1. The summed E-state index contributed by atoms with van der Waals surface area (Å²) in [6.07, 6.45) is 0. The Labute approximate surface area is 177 Å². The topological polar surface area (TPSA) is 92.9 Å². The van der Waals surface area contributed by atoms with E-state index < -0.39 is 17.7 Å². The van der Waals surface area contributed by atoms with Crippen LogP contribution in [0.5, 0.6) is 5.75 Å². The molecule has 3 aromatic rings. The van der Waals surface area contributed by atoms with Gasteiger partial charge < -0.3 is 14.4 Å². The number of amides is 1. The van der Waals surface area contributed by atoms with Gasteiger partial charge in [-0.25, -0.2) is 0 Å². The molecule has 1 saturated heterocycles. The molecule has 1 unspecified atom stereocenters. The minimum atomic E-state index is -0.916. The van der Waals surface area contributed by atoms with E-state index >= 15 is 0 Å².